The number of nitrogens with two attached hydrogens (primary N) is 1. The number of nitrogen functional groups attached to an aromatic ring is 1. The van der Waals surface area contributed by atoms with Crippen LogP contribution >= 0.6 is 0 Å². The first kappa shape index (κ1) is 15.3. The molecule has 0 atom stereocenters. The van der Waals surface area contributed by atoms with Crippen LogP contribution in [-0.4, -0.2) is 21.1 Å². The maximum Gasteiger partial charge on any atom is 0.242 e. The topological polar surface area (TPSA) is 81.4 Å². The number of anilines is 1. The number of halogens is 1. The summed E-state index contributed by atoms with van der Waals surface area (Å²) in [5.74, 6) is 1.22. The maximum absolute atomic E-state index is 13.6. The fourth-order valence-electron chi connectivity index (χ4n) is 1.38. The van der Waals surface area contributed by atoms with Crippen molar-refractivity contribution in [1.29, 1.82) is 0 Å². The van der Waals surface area contributed by atoms with Crippen molar-refractivity contribution in [2.45, 2.75) is 24.3 Å². The third-order valence-corrected chi connectivity index (χ3v) is 3.95. The van der Waals surface area contributed by atoms with E-state index in [1.54, 1.807) is 0 Å². The van der Waals surface area contributed by atoms with E-state index in [-0.39, 0.29) is 16.3 Å². The minimum atomic E-state index is -3.97. The van der Waals surface area contributed by atoms with Gasteiger partial charge in [-0.1, -0.05) is 5.92 Å². The molecule has 0 fully saturated rings. The Balaban J connectivity index is 3.29. The summed E-state index contributed by atoms with van der Waals surface area (Å²) in [6.07, 6.45) is 5.20. The highest BCUT2D eigenvalue weighted by atomic mass is 32.2. The van der Waals surface area contributed by atoms with Crippen LogP contribution in [0, 0.1) is 18.2 Å². The molecule has 0 unspecified atom stereocenters. The normalized spacial score (nSPS) is 11.9. The molecular weight excluding hydrogens is 271 g/mol. The van der Waals surface area contributed by atoms with Gasteiger partial charge in [0.2, 0.25) is 10.0 Å². The van der Waals surface area contributed by atoms with Crippen molar-refractivity contribution in [3.8, 4) is 18.1 Å². The van der Waals surface area contributed by atoms with Gasteiger partial charge < -0.3 is 10.5 Å². The van der Waals surface area contributed by atoms with E-state index in [0.29, 0.717) is 0 Å². The Hall–Kier alpha value is -1.78. The SMILES string of the molecule is C#CC(C)(C)NS(=O)(=O)c1cc(N)c(OC)c(F)c1. The van der Waals surface area contributed by atoms with Crippen LogP contribution in [0.2, 0.25) is 0 Å². The maximum atomic E-state index is 13.6. The molecular formula is C12H15FN2O3S. The summed E-state index contributed by atoms with van der Waals surface area (Å²) >= 11 is 0. The van der Waals surface area contributed by atoms with Crippen molar-refractivity contribution < 1.29 is 17.5 Å². The van der Waals surface area contributed by atoms with Crippen molar-refractivity contribution in [1.82, 2.24) is 4.72 Å². The van der Waals surface area contributed by atoms with Crippen molar-refractivity contribution in [3.05, 3.63) is 17.9 Å². The van der Waals surface area contributed by atoms with Gasteiger partial charge in [0.25, 0.3) is 0 Å². The Labute approximate surface area is 112 Å². The van der Waals surface area contributed by atoms with Gasteiger partial charge in [-0.15, -0.1) is 6.42 Å². The number of ether oxygens (including phenoxy) is 1. The predicted octanol–water partition coefficient (Wildman–Crippen LogP) is 1.11. The molecule has 7 heteroatoms. The molecule has 1 rings (SSSR count). The van der Waals surface area contributed by atoms with Crippen LogP contribution in [0.3, 0.4) is 0 Å². The summed E-state index contributed by atoms with van der Waals surface area (Å²) in [6, 6.07) is 1.93. The van der Waals surface area contributed by atoms with Crippen molar-refractivity contribution >= 4 is 15.7 Å². The molecule has 1 aromatic rings. The fraction of sp³-hybridized carbons (Fsp3) is 0.333. The molecule has 0 radical (unpaired) electrons. The lowest BCUT2D eigenvalue weighted by Crippen LogP contribution is -2.42. The molecule has 1 aromatic carbocycles. The summed E-state index contributed by atoms with van der Waals surface area (Å²) in [6.45, 7) is 3.02. The van der Waals surface area contributed by atoms with E-state index in [1.807, 2.05) is 0 Å². The van der Waals surface area contributed by atoms with Crippen LogP contribution in [0.4, 0.5) is 10.1 Å². The van der Waals surface area contributed by atoms with E-state index in [1.165, 1.54) is 21.0 Å². The van der Waals surface area contributed by atoms with Gasteiger partial charge in [0.1, 0.15) is 0 Å². The largest absolute Gasteiger partial charge is 0.492 e. The van der Waals surface area contributed by atoms with Crippen LogP contribution in [0.15, 0.2) is 17.0 Å². The van der Waals surface area contributed by atoms with Gasteiger partial charge in [-0.25, -0.2) is 12.8 Å². The zero-order valence-corrected chi connectivity index (χ0v) is 11.6. The number of nitrogens with one attached hydrogen (secondary N) is 1. The number of hydrogen-bond acceptors (Lipinski definition) is 4. The van der Waals surface area contributed by atoms with Gasteiger partial charge in [0.05, 0.1) is 23.2 Å². The summed E-state index contributed by atoms with van der Waals surface area (Å²) < 4.78 is 44.7. The number of benzene rings is 1. The Morgan fingerprint density at radius 2 is 2.05 bits per heavy atom. The minimum Gasteiger partial charge on any atom is -0.492 e. The second-order valence-corrected chi connectivity index (χ2v) is 6.08. The average molecular weight is 286 g/mol. The molecule has 0 saturated carbocycles. The molecule has 0 aliphatic carbocycles. The molecule has 3 N–H and O–H groups in total. The van der Waals surface area contributed by atoms with E-state index in [2.05, 4.69) is 10.6 Å². The molecule has 0 aromatic heterocycles. The molecule has 0 spiro atoms. The zero-order chi connectivity index (χ0) is 14.8. The molecule has 0 aliphatic heterocycles. The third kappa shape index (κ3) is 3.36. The molecule has 5 nitrogen and oxygen atoms in total. The van der Waals surface area contributed by atoms with Crippen molar-refractivity contribution in [2.75, 3.05) is 12.8 Å². The zero-order valence-electron chi connectivity index (χ0n) is 10.8. The van der Waals surface area contributed by atoms with Crippen LogP contribution in [-0.2, 0) is 10.0 Å². The molecule has 0 heterocycles. The molecule has 0 saturated heterocycles. The van der Waals surface area contributed by atoms with Crippen LogP contribution in [0.5, 0.6) is 5.75 Å². The molecule has 19 heavy (non-hydrogen) atoms. The van der Waals surface area contributed by atoms with Gasteiger partial charge in [-0.3, -0.25) is 0 Å². The fourth-order valence-corrected chi connectivity index (χ4v) is 2.77. The highest BCUT2D eigenvalue weighted by Crippen LogP contribution is 2.28. The second kappa shape index (κ2) is 5.07. The monoisotopic (exact) mass is 286 g/mol. The summed E-state index contributed by atoms with van der Waals surface area (Å²) in [4.78, 5) is -0.313. The van der Waals surface area contributed by atoms with E-state index < -0.39 is 21.4 Å². The first-order valence-electron chi connectivity index (χ1n) is 5.27. The Morgan fingerprint density at radius 1 is 1.47 bits per heavy atom. The molecule has 104 valence electrons. The number of terminal acetylenes is 1. The van der Waals surface area contributed by atoms with Gasteiger partial charge in [0.15, 0.2) is 11.6 Å². The van der Waals surface area contributed by atoms with E-state index in [9.17, 15) is 12.8 Å². The number of sulfonamides is 1. The third-order valence-electron chi connectivity index (χ3n) is 2.31. The summed E-state index contributed by atoms with van der Waals surface area (Å²) in [5, 5.41) is 0. The predicted molar refractivity (Wildman–Crippen MR) is 70.6 cm³/mol. The Kier molecular flexibility index (Phi) is 4.08. The van der Waals surface area contributed by atoms with Crippen LogP contribution in [0.25, 0.3) is 0 Å². The Morgan fingerprint density at radius 3 is 2.47 bits per heavy atom. The first-order chi connectivity index (χ1) is 8.63. The number of hydrogen-bond donors (Lipinski definition) is 2. The van der Waals surface area contributed by atoms with Crippen LogP contribution in [0.1, 0.15) is 13.8 Å². The summed E-state index contributed by atoms with van der Waals surface area (Å²) in [7, 11) is -2.73. The van der Waals surface area contributed by atoms with Gasteiger partial charge in [-0.05, 0) is 26.0 Å². The standard InChI is InChI=1S/C12H15FN2O3S/c1-5-12(2,3)15-19(16,17)8-6-9(13)11(18-4)10(14)7-8/h1,6-7,15H,14H2,2-4H3. The van der Waals surface area contributed by atoms with Crippen molar-refractivity contribution in [2.24, 2.45) is 0 Å². The smallest absolute Gasteiger partial charge is 0.242 e. The van der Waals surface area contributed by atoms with E-state index in [4.69, 9.17) is 16.9 Å². The van der Waals surface area contributed by atoms with E-state index in [0.717, 1.165) is 12.1 Å². The highest BCUT2D eigenvalue weighted by Gasteiger charge is 2.26. The number of rotatable bonds is 4. The average Bonchev–Trinajstić information content (AvgIpc) is 2.27. The van der Waals surface area contributed by atoms with E-state index >= 15 is 0 Å². The lowest BCUT2D eigenvalue weighted by molar-refractivity contribution is 0.388. The number of methoxy groups -OCH3 is 1. The minimum absolute atomic E-state index is 0.110. The Bertz CT molecular complexity index is 610. The quantitative estimate of drug-likeness (QED) is 0.641. The van der Waals surface area contributed by atoms with Gasteiger partial charge in [-0.2, -0.15) is 4.72 Å². The molecule has 0 bridgehead atoms. The molecule has 0 amide bonds. The van der Waals surface area contributed by atoms with Crippen LogP contribution < -0.4 is 15.2 Å². The second-order valence-electron chi connectivity index (χ2n) is 4.40. The van der Waals surface area contributed by atoms with Gasteiger partial charge >= 0.3 is 0 Å². The summed E-state index contributed by atoms with van der Waals surface area (Å²) in [5.41, 5.74) is 4.33. The van der Waals surface area contributed by atoms with Gasteiger partial charge in [0, 0.05) is 0 Å². The molecule has 0 aliphatic rings. The lowest BCUT2D eigenvalue weighted by atomic mass is 10.1. The first-order valence-corrected chi connectivity index (χ1v) is 6.76. The lowest BCUT2D eigenvalue weighted by Gasteiger charge is -2.20. The highest BCUT2D eigenvalue weighted by molar-refractivity contribution is 7.89. The van der Waals surface area contributed by atoms with Crippen molar-refractivity contribution in [3.63, 3.8) is 0 Å².